The number of nitrogens with one attached hydrogen (secondary N) is 2. The zero-order valence-corrected chi connectivity index (χ0v) is 27.7. The highest BCUT2D eigenvalue weighted by atomic mass is 32.2. The van der Waals surface area contributed by atoms with Crippen LogP contribution in [-0.4, -0.2) is 52.7 Å². The van der Waals surface area contributed by atoms with Crippen LogP contribution in [0.5, 0.6) is 11.5 Å². The molecule has 9 nitrogen and oxygen atoms in total. The first-order valence-electron chi connectivity index (χ1n) is 15.2. The van der Waals surface area contributed by atoms with E-state index in [4.69, 9.17) is 9.47 Å². The molecule has 0 bridgehead atoms. The lowest BCUT2D eigenvalue weighted by atomic mass is 9.88. The number of fused-ring (bicyclic) bond motifs is 1. The molecule has 11 heteroatoms. The van der Waals surface area contributed by atoms with Crippen LogP contribution in [0.2, 0.25) is 0 Å². The minimum Gasteiger partial charge on any atom is -0.453 e. The van der Waals surface area contributed by atoms with Gasteiger partial charge in [0.1, 0.15) is 17.4 Å². The summed E-state index contributed by atoms with van der Waals surface area (Å²) in [6.45, 7) is 15.2. The Hall–Kier alpha value is -3.43. The maximum atomic E-state index is 14.8. The third-order valence-electron chi connectivity index (χ3n) is 7.63. The summed E-state index contributed by atoms with van der Waals surface area (Å²) in [5, 5.41) is 13.5. The summed E-state index contributed by atoms with van der Waals surface area (Å²) in [5.41, 5.74) is 1.97. The standard InChI is InChI=1S/C26H29FN6O3S.C5H10.C2H6/c1-3-32(2)37-31-23-7-5-21(27)24(20(23)14-28)36-18-4-6-22-19(12-18)25(34)33(16-30-22)17-13-26(35-15-17)8-10-29-11-9-26;1-4-5(2)3;1-2/h4-7,12,16-17,29,31H,3,8-11,13,15H2,1-2H3;4H,1-3H3;1-2H3. The summed E-state index contributed by atoms with van der Waals surface area (Å²) in [5.74, 6) is -0.629. The van der Waals surface area contributed by atoms with Crippen LogP contribution < -0.4 is 20.3 Å². The highest BCUT2D eigenvalue weighted by Crippen LogP contribution is 2.39. The van der Waals surface area contributed by atoms with E-state index in [2.05, 4.69) is 34.9 Å². The van der Waals surface area contributed by atoms with Gasteiger partial charge in [0.05, 0.1) is 41.2 Å². The summed E-state index contributed by atoms with van der Waals surface area (Å²) in [6.07, 6.45) is 6.27. The smallest absolute Gasteiger partial charge is 0.261 e. The van der Waals surface area contributed by atoms with Crippen molar-refractivity contribution < 1.29 is 13.9 Å². The monoisotopic (exact) mass is 624 g/mol. The third kappa shape index (κ3) is 8.60. The predicted octanol–water partition coefficient (Wildman–Crippen LogP) is 7.21. The molecule has 2 fully saturated rings. The molecule has 2 aliphatic rings. The minimum absolute atomic E-state index is 0.0380. The van der Waals surface area contributed by atoms with Gasteiger partial charge in [-0.25, -0.2) is 13.7 Å². The maximum Gasteiger partial charge on any atom is 0.261 e. The van der Waals surface area contributed by atoms with E-state index in [1.807, 2.05) is 45.1 Å². The number of hydrogen-bond acceptors (Lipinski definition) is 9. The van der Waals surface area contributed by atoms with Crippen molar-refractivity contribution in [3.8, 4) is 17.6 Å². The Kier molecular flexibility index (Phi) is 13.2. The van der Waals surface area contributed by atoms with Gasteiger partial charge in [0.2, 0.25) is 0 Å². The van der Waals surface area contributed by atoms with Crippen LogP contribution >= 0.6 is 12.1 Å². The van der Waals surface area contributed by atoms with E-state index in [-0.39, 0.29) is 34.3 Å². The molecule has 1 atom stereocenters. The molecule has 2 aliphatic heterocycles. The second-order valence-corrected chi connectivity index (χ2v) is 11.8. The number of hydrogen-bond donors (Lipinski definition) is 2. The Balaban J connectivity index is 0.000000688. The fourth-order valence-electron chi connectivity index (χ4n) is 4.83. The van der Waals surface area contributed by atoms with Crippen LogP contribution in [0, 0.1) is 17.1 Å². The molecule has 3 heterocycles. The van der Waals surface area contributed by atoms with Crippen molar-refractivity contribution in [1.29, 1.82) is 5.26 Å². The normalized spacial score (nSPS) is 16.8. The molecule has 3 aromatic rings. The van der Waals surface area contributed by atoms with Gasteiger partial charge >= 0.3 is 0 Å². The van der Waals surface area contributed by atoms with Crippen molar-refractivity contribution in [2.75, 3.05) is 38.0 Å². The van der Waals surface area contributed by atoms with Gasteiger partial charge in [0.15, 0.2) is 11.6 Å². The van der Waals surface area contributed by atoms with E-state index in [1.54, 1.807) is 29.1 Å². The van der Waals surface area contributed by atoms with Crippen molar-refractivity contribution in [2.24, 2.45) is 0 Å². The quantitative estimate of drug-likeness (QED) is 0.208. The van der Waals surface area contributed by atoms with Gasteiger partial charge in [-0.05, 0) is 90.5 Å². The van der Waals surface area contributed by atoms with E-state index in [9.17, 15) is 14.4 Å². The van der Waals surface area contributed by atoms with Crippen molar-refractivity contribution in [1.82, 2.24) is 19.2 Å². The molecule has 0 amide bonds. The second-order valence-electron chi connectivity index (χ2n) is 10.8. The fourth-order valence-corrected chi connectivity index (χ4v) is 5.38. The van der Waals surface area contributed by atoms with Crippen LogP contribution in [0.1, 0.15) is 72.4 Å². The van der Waals surface area contributed by atoms with E-state index in [0.717, 1.165) is 38.9 Å². The summed E-state index contributed by atoms with van der Waals surface area (Å²) < 4.78 is 33.4. The van der Waals surface area contributed by atoms with Crippen LogP contribution in [0.15, 0.2) is 53.1 Å². The van der Waals surface area contributed by atoms with E-state index in [0.29, 0.717) is 23.2 Å². The van der Waals surface area contributed by atoms with E-state index < -0.39 is 5.82 Å². The summed E-state index contributed by atoms with van der Waals surface area (Å²) >= 11 is 1.29. The lowest BCUT2D eigenvalue weighted by Crippen LogP contribution is -2.41. The van der Waals surface area contributed by atoms with E-state index in [1.165, 1.54) is 29.8 Å². The van der Waals surface area contributed by atoms with E-state index >= 15 is 0 Å². The molecule has 2 N–H and O–H groups in total. The van der Waals surface area contributed by atoms with Crippen molar-refractivity contribution >= 4 is 28.7 Å². The Morgan fingerprint density at radius 1 is 1.32 bits per heavy atom. The summed E-state index contributed by atoms with van der Waals surface area (Å²) in [7, 11) is 1.89. The molecule has 1 aromatic heterocycles. The SMILES string of the molecule is CC.CC=C(C)C.CCN(C)SNc1ccc(F)c(Oc2ccc3ncn(C4COC5(CCNCC5)C4)c(=O)c3c2)c1C#N. The zero-order valence-electron chi connectivity index (χ0n) is 26.9. The van der Waals surface area contributed by atoms with Gasteiger partial charge in [-0.2, -0.15) is 5.26 Å². The molecule has 44 heavy (non-hydrogen) atoms. The summed E-state index contributed by atoms with van der Waals surface area (Å²) in [6, 6.07) is 9.51. The average Bonchev–Trinajstić information content (AvgIpc) is 3.45. The molecule has 0 aliphatic carbocycles. The molecule has 1 spiro atoms. The number of nitriles is 1. The summed E-state index contributed by atoms with van der Waals surface area (Å²) in [4.78, 5) is 17.9. The first kappa shape index (κ1) is 35.1. The van der Waals surface area contributed by atoms with Gasteiger partial charge in [-0.15, -0.1) is 0 Å². The topological polar surface area (TPSA) is 104 Å². The first-order valence-corrected chi connectivity index (χ1v) is 16.0. The Morgan fingerprint density at radius 3 is 2.66 bits per heavy atom. The molecule has 0 saturated carbocycles. The number of allylic oxidation sites excluding steroid dienone is 2. The maximum absolute atomic E-state index is 14.8. The molecular formula is C33H45FN6O3S. The molecule has 238 valence electrons. The zero-order chi connectivity index (χ0) is 32.3. The Labute approximate surface area is 264 Å². The van der Waals surface area contributed by atoms with Gasteiger partial charge < -0.3 is 19.5 Å². The Morgan fingerprint density at radius 2 is 2.02 bits per heavy atom. The molecule has 2 saturated heterocycles. The number of ether oxygens (including phenoxy) is 2. The van der Waals surface area contributed by atoms with Crippen LogP contribution in [0.3, 0.4) is 0 Å². The van der Waals surface area contributed by atoms with Gasteiger partial charge in [-0.3, -0.25) is 9.36 Å². The molecular weight excluding hydrogens is 579 g/mol. The van der Waals surface area contributed by atoms with Gasteiger partial charge in [-0.1, -0.05) is 32.4 Å². The number of aromatic nitrogens is 2. The van der Waals surface area contributed by atoms with Crippen LogP contribution in [-0.2, 0) is 4.74 Å². The van der Waals surface area contributed by atoms with Crippen molar-refractivity contribution in [3.05, 3.63) is 70.0 Å². The number of rotatable bonds is 7. The Bertz CT molecular complexity index is 1530. The highest BCUT2D eigenvalue weighted by Gasteiger charge is 2.42. The fraction of sp³-hybridized carbons (Fsp3) is 0.485. The lowest BCUT2D eigenvalue weighted by Gasteiger charge is -2.32. The molecule has 1 unspecified atom stereocenters. The largest absolute Gasteiger partial charge is 0.453 e. The predicted molar refractivity (Wildman–Crippen MR) is 178 cm³/mol. The number of nitrogens with zero attached hydrogens (tertiary/aromatic N) is 4. The molecule has 5 rings (SSSR count). The van der Waals surface area contributed by atoms with Crippen molar-refractivity contribution in [2.45, 2.75) is 72.4 Å². The average molecular weight is 625 g/mol. The minimum atomic E-state index is -0.671. The number of halogens is 1. The van der Waals surface area contributed by atoms with Crippen LogP contribution in [0.4, 0.5) is 10.1 Å². The number of piperidine rings is 1. The van der Waals surface area contributed by atoms with Gasteiger partial charge in [0.25, 0.3) is 5.56 Å². The van der Waals surface area contributed by atoms with Crippen LogP contribution in [0.25, 0.3) is 10.9 Å². The lowest BCUT2D eigenvalue weighted by molar-refractivity contribution is -0.0196. The number of anilines is 1. The molecule has 0 radical (unpaired) electrons. The second kappa shape index (κ2) is 16.6. The van der Waals surface area contributed by atoms with Gasteiger partial charge in [0, 0.05) is 18.7 Å². The molecule has 2 aromatic carbocycles. The highest BCUT2D eigenvalue weighted by molar-refractivity contribution is 7.98. The third-order valence-corrected chi connectivity index (χ3v) is 8.51. The number of benzene rings is 2. The first-order chi connectivity index (χ1) is 21.2. The van der Waals surface area contributed by atoms with Crippen molar-refractivity contribution in [3.63, 3.8) is 0 Å².